The van der Waals surface area contributed by atoms with Crippen molar-refractivity contribution < 1.29 is 24.3 Å². The molecule has 1 saturated heterocycles. The minimum atomic E-state index is -1.28. The monoisotopic (exact) mass is 557 g/mol. The number of ketones is 1. The summed E-state index contributed by atoms with van der Waals surface area (Å²) in [7, 11) is 1.63. The van der Waals surface area contributed by atoms with E-state index < -0.39 is 35.8 Å². The van der Waals surface area contributed by atoms with E-state index in [2.05, 4.69) is 15.3 Å². The largest absolute Gasteiger partial charge is 0.476 e. The van der Waals surface area contributed by atoms with Crippen LogP contribution >= 0.6 is 11.3 Å². The average Bonchev–Trinajstić information content (AvgIpc) is 3.58. The summed E-state index contributed by atoms with van der Waals surface area (Å²) in [5.41, 5.74) is 11.5. The molecule has 2 heterocycles. The van der Waals surface area contributed by atoms with Gasteiger partial charge in [-0.15, -0.1) is 11.3 Å². The Hall–Kier alpha value is -3.84. The van der Waals surface area contributed by atoms with Gasteiger partial charge in [0.05, 0.1) is 6.04 Å². The van der Waals surface area contributed by atoms with Crippen LogP contribution in [0.15, 0.2) is 40.7 Å². The van der Waals surface area contributed by atoms with Crippen molar-refractivity contribution in [2.75, 3.05) is 20.1 Å². The molecule has 0 saturated carbocycles. The third-order valence-corrected chi connectivity index (χ3v) is 7.51. The molecule has 3 amide bonds. The number of imide groups is 1. The summed E-state index contributed by atoms with van der Waals surface area (Å²) >= 11 is 0.861. The number of carboxylic acid groups (broad SMARTS) is 1. The number of likely N-dealkylation sites (tertiary alicyclic amines) is 1. The average molecular weight is 558 g/mol. The van der Waals surface area contributed by atoms with Gasteiger partial charge in [0, 0.05) is 24.5 Å². The lowest BCUT2D eigenvalue weighted by molar-refractivity contribution is -0.132. The molecule has 210 valence electrons. The zero-order valence-electron chi connectivity index (χ0n) is 22.1. The Morgan fingerprint density at radius 2 is 1.97 bits per heavy atom. The summed E-state index contributed by atoms with van der Waals surface area (Å²) < 4.78 is 0. The van der Waals surface area contributed by atoms with Crippen molar-refractivity contribution in [1.82, 2.24) is 20.1 Å². The lowest BCUT2D eigenvalue weighted by Crippen LogP contribution is -2.59. The topological polar surface area (TPSA) is 184 Å². The van der Waals surface area contributed by atoms with Gasteiger partial charge in [-0.25, -0.2) is 14.6 Å². The maximum atomic E-state index is 14.1. The van der Waals surface area contributed by atoms with Crippen molar-refractivity contribution in [1.29, 1.82) is 0 Å². The van der Waals surface area contributed by atoms with Crippen LogP contribution in [0, 0.1) is 0 Å². The number of rotatable bonds is 12. The molecule has 1 aliphatic heterocycles. The first kappa shape index (κ1) is 29.7. The fraction of sp³-hybridized carbons (Fsp3) is 0.462. The standard InChI is InChI=1S/C26H35N7O5S/c1-16-8-7-13-32(16)26(38)33(23(35)18(29-2)14-17-9-4-3-5-10-17)20(11-6-12-30-25(27)28)21(34)22-31-19(15-39-22)24(36)37/h3-5,9-10,15-16,18,20,29H,6-8,11-14H2,1-2H3,(H,36,37)(H4,27,28,30)/t16-,18-,20?/m1/s1. The predicted octanol–water partition coefficient (Wildman–Crippen LogP) is 1.71. The summed E-state index contributed by atoms with van der Waals surface area (Å²) in [6, 6.07) is 6.66. The molecule has 0 radical (unpaired) electrons. The summed E-state index contributed by atoms with van der Waals surface area (Å²) in [5.74, 6) is -2.56. The van der Waals surface area contributed by atoms with E-state index in [0.717, 1.165) is 34.6 Å². The van der Waals surface area contributed by atoms with Gasteiger partial charge in [0.15, 0.2) is 16.7 Å². The molecule has 6 N–H and O–H groups in total. The van der Waals surface area contributed by atoms with Crippen molar-refractivity contribution in [2.45, 2.75) is 57.2 Å². The molecule has 13 heteroatoms. The number of guanidine groups is 1. The van der Waals surface area contributed by atoms with E-state index in [1.165, 1.54) is 5.38 Å². The van der Waals surface area contributed by atoms with E-state index in [1.54, 1.807) is 11.9 Å². The first-order chi connectivity index (χ1) is 18.6. The maximum Gasteiger partial charge on any atom is 0.355 e. The van der Waals surface area contributed by atoms with E-state index in [0.29, 0.717) is 19.4 Å². The molecule has 2 aromatic rings. The second-order valence-corrected chi connectivity index (χ2v) is 10.2. The van der Waals surface area contributed by atoms with Crippen LogP contribution in [0.25, 0.3) is 0 Å². The number of hydrogen-bond donors (Lipinski definition) is 4. The van der Waals surface area contributed by atoms with Gasteiger partial charge in [-0.3, -0.25) is 19.5 Å². The van der Waals surface area contributed by atoms with E-state index in [-0.39, 0.29) is 35.7 Å². The molecule has 1 aromatic heterocycles. The van der Waals surface area contributed by atoms with Gasteiger partial charge in [0.2, 0.25) is 11.7 Å². The SMILES string of the molecule is CN[C@H](Cc1ccccc1)C(=O)N(C(=O)N1CCC[C@H]1C)C(CCCN=C(N)N)C(=O)c1nc(C(=O)O)cs1. The van der Waals surface area contributed by atoms with Crippen LogP contribution in [0.2, 0.25) is 0 Å². The number of carbonyl (C=O) groups is 4. The highest BCUT2D eigenvalue weighted by molar-refractivity contribution is 7.12. The van der Waals surface area contributed by atoms with Crippen molar-refractivity contribution in [2.24, 2.45) is 16.5 Å². The molecular weight excluding hydrogens is 522 g/mol. The van der Waals surface area contributed by atoms with Crippen LogP contribution in [-0.4, -0.2) is 87.8 Å². The first-order valence-corrected chi connectivity index (χ1v) is 13.6. The summed E-state index contributed by atoms with van der Waals surface area (Å²) in [6.45, 7) is 2.55. The van der Waals surface area contributed by atoms with Crippen LogP contribution in [0.5, 0.6) is 0 Å². The molecule has 0 bridgehead atoms. The van der Waals surface area contributed by atoms with Gasteiger partial charge < -0.3 is 26.8 Å². The number of aliphatic imine (C=N–C) groups is 1. The normalized spacial score (nSPS) is 16.4. The van der Waals surface area contributed by atoms with Crippen LogP contribution < -0.4 is 16.8 Å². The Morgan fingerprint density at radius 1 is 1.26 bits per heavy atom. The highest BCUT2D eigenvalue weighted by atomic mass is 32.1. The van der Waals surface area contributed by atoms with Gasteiger partial charge >= 0.3 is 12.0 Å². The fourth-order valence-corrected chi connectivity index (χ4v) is 5.35. The van der Waals surface area contributed by atoms with Gasteiger partial charge in [0.1, 0.15) is 6.04 Å². The second kappa shape index (κ2) is 13.8. The van der Waals surface area contributed by atoms with Gasteiger partial charge in [-0.2, -0.15) is 0 Å². The molecule has 1 aliphatic rings. The third kappa shape index (κ3) is 7.60. The molecule has 1 unspecified atom stereocenters. The molecule has 12 nitrogen and oxygen atoms in total. The van der Waals surface area contributed by atoms with Crippen molar-refractivity contribution in [3.05, 3.63) is 52.0 Å². The Morgan fingerprint density at radius 3 is 2.54 bits per heavy atom. The lowest BCUT2D eigenvalue weighted by Gasteiger charge is -2.36. The maximum absolute atomic E-state index is 14.1. The Kier molecular flexibility index (Phi) is 10.5. The number of urea groups is 1. The minimum absolute atomic E-state index is 0.0685. The lowest BCUT2D eigenvalue weighted by atomic mass is 10.0. The Balaban J connectivity index is 2.02. The van der Waals surface area contributed by atoms with E-state index in [9.17, 15) is 24.3 Å². The third-order valence-electron chi connectivity index (χ3n) is 6.65. The number of amides is 3. The number of hydrogen-bond acceptors (Lipinski definition) is 8. The predicted molar refractivity (Wildman–Crippen MR) is 148 cm³/mol. The number of aromatic nitrogens is 1. The minimum Gasteiger partial charge on any atom is -0.476 e. The highest BCUT2D eigenvalue weighted by Crippen LogP contribution is 2.25. The number of nitrogens with one attached hydrogen (secondary N) is 1. The van der Waals surface area contributed by atoms with Crippen molar-refractivity contribution in [3.8, 4) is 0 Å². The van der Waals surface area contributed by atoms with Crippen LogP contribution in [0.1, 0.15) is 58.5 Å². The number of carbonyl (C=O) groups excluding carboxylic acids is 3. The van der Waals surface area contributed by atoms with E-state index in [1.807, 2.05) is 37.3 Å². The summed E-state index contributed by atoms with van der Waals surface area (Å²) in [6.07, 6.45) is 2.22. The highest BCUT2D eigenvalue weighted by Gasteiger charge is 2.42. The molecule has 1 fully saturated rings. The van der Waals surface area contributed by atoms with Crippen molar-refractivity contribution in [3.63, 3.8) is 0 Å². The number of Topliss-reactive ketones (excluding diaryl/α,β-unsaturated/α-hetero) is 1. The molecule has 0 aliphatic carbocycles. The molecule has 3 atom stereocenters. The Bertz CT molecular complexity index is 1200. The number of nitrogens with zero attached hydrogens (tertiary/aromatic N) is 4. The van der Waals surface area contributed by atoms with Gasteiger partial charge in [-0.1, -0.05) is 30.3 Å². The van der Waals surface area contributed by atoms with Gasteiger partial charge in [-0.05, 0) is 51.6 Å². The number of likely N-dealkylation sites (N-methyl/N-ethyl adjacent to an activating group) is 1. The summed E-state index contributed by atoms with van der Waals surface area (Å²) in [5, 5.41) is 13.5. The first-order valence-electron chi connectivity index (χ1n) is 12.8. The van der Waals surface area contributed by atoms with E-state index in [4.69, 9.17) is 11.5 Å². The molecular formula is C26H35N7O5S. The smallest absolute Gasteiger partial charge is 0.355 e. The van der Waals surface area contributed by atoms with Crippen LogP contribution in [-0.2, 0) is 11.2 Å². The molecule has 0 spiro atoms. The summed E-state index contributed by atoms with van der Waals surface area (Å²) in [4.78, 5) is 63.8. The quantitative estimate of drug-likeness (QED) is 0.130. The number of benzene rings is 1. The van der Waals surface area contributed by atoms with Crippen LogP contribution in [0.3, 0.4) is 0 Å². The van der Waals surface area contributed by atoms with Crippen LogP contribution in [0.4, 0.5) is 4.79 Å². The molecule has 3 rings (SSSR count). The fourth-order valence-electron chi connectivity index (χ4n) is 4.57. The Labute approximate surface area is 231 Å². The zero-order valence-corrected chi connectivity index (χ0v) is 22.9. The second-order valence-electron chi connectivity index (χ2n) is 9.38. The van der Waals surface area contributed by atoms with Gasteiger partial charge in [0.25, 0.3) is 0 Å². The molecule has 1 aromatic carbocycles. The number of nitrogens with two attached hydrogens (primary N) is 2. The van der Waals surface area contributed by atoms with Crippen molar-refractivity contribution >= 4 is 41.0 Å². The number of aromatic carboxylic acids is 1. The number of carboxylic acids is 1. The zero-order chi connectivity index (χ0) is 28.5. The number of thiazole rings is 1. The molecule has 39 heavy (non-hydrogen) atoms. The van der Waals surface area contributed by atoms with E-state index >= 15 is 0 Å².